The number of hydrogen-bond donors (Lipinski definition) is 1. The minimum atomic E-state index is 0.655. The van der Waals surface area contributed by atoms with Gasteiger partial charge in [-0.2, -0.15) is 0 Å². The van der Waals surface area contributed by atoms with Crippen molar-refractivity contribution in [3.05, 3.63) is 12.4 Å². The third kappa shape index (κ3) is 0.608. The van der Waals surface area contributed by atoms with Crippen molar-refractivity contribution in [1.29, 1.82) is 0 Å². The van der Waals surface area contributed by atoms with Crippen molar-refractivity contribution in [2.75, 3.05) is 0 Å². The van der Waals surface area contributed by atoms with Crippen LogP contribution in [0.1, 0.15) is 0 Å². The summed E-state index contributed by atoms with van der Waals surface area (Å²) in [5.74, 6) is 0. The van der Waals surface area contributed by atoms with E-state index < -0.39 is 0 Å². The van der Waals surface area contributed by atoms with E-state index >= 15 is 0 Å². The summed E-state index contributed by atoms with van der Waals surface area (Å²) in [5, 5.41) is 0. The van der Waals surface area contributed by atoms with Crippen molar-refractivity contribution in [3.63, 3.8) is 0 Å². The maximum atomic E-state index is 3.91. The van der Waals surface area contributed by atoms with Gasteiger partial charge in [-0.05, 0) is 0 Å². The summed E-state index contributed by atoms with van der Waals surface area (Å²) in [6.45, 7) is 0. The molecule has 1 N–H and O–H groups in total. The zero-order chi connectivity index (χ0) is 4.41. The van der Waals surface area contributed by atoms with E-state index in [0.29, 0.717) is 4.76 Å². The van der Waals surface area contributed by atoms with E-state index in [9.17, 15) is 0 Å². The van der Waals surface area contributed by atoms with Gasteiger partial charge in [0.25, 0.3) is 0 Å². The van der Waals surface area contributed by atoms with Gasteiger partial charge in [-0.15, -0.1) is 0 Å². The Morgan fingerprint density at radius 3 is 2.83 bits per heavy atom. The number of aromatic nitrogens is 2. The van der Waals surface area contributed by atoms with Crippen LogP contribution >= 0.6 is 0 Å². The Morgan fingerprint density at radius 1 is 1.83 bits per heavy atom. The SMILES string of the molecule is [Co][c]1ncc[nH]1. The Balaban J connectivity index is 3.05. The monoisotopic (exact) mass is 126 g/mol. The van der Waals surface area contributed by atoms with Crippen molar-refractivity contribution in [2.45, 2.75) is 0 Å². The zero-order valence-electron chi connectivity index (χ0n) is 2.94. The van der Waals surface area contributed by atoms with E-state index in [2.05, 4.69) is 25.7 Å². The molecule has 34 valence electrons. The fraction of sp³-hybridized carbons (Fsp3) is 0. The molecule has 1 aromatic heterocycles. The fourth-order valence-corrected chi connectivity index (χ4v) is 0.403. The van der Waals surface area contributed by atoms with Gasteiger partial charge in [0.05, 0.1) is 0 Å². The zero-order valence-corrected chi connectivity index (χ0v) is 3.98. The van der Waals surface area contributed by atoms with Gasteiger partial charge >= 0.3 is 42.9 Å². The predicted octanol–water partition coefficient (Wildman–Crippen LogP) is -0.418. The Bertz CT molecular complexity index is 112. The number of rotatable bonds is 0. The van der Waals surface area contributed by atoms with Gasteiger partial charge in [0.1, 0.15) is 0 Å². The standard InChI is InChI=1S/C3H3N2.Co/c1-2-5-3-4-1;/h1-2H,(H,4,5);. The van der Waals surface area contributed by atoms with Crippen molar-refractivity contribution in [3.8, 4) is 0 Å². The molecule has 1 heterocycles. The Hall–Kier alpha value is -0.284. The van der Waals surface area contributed by atoms with E-state index in [1.165, 1.54) is 0 Å². The molecule has 0 aliphatic rings. The van der Waals surface area contributed by atoms with E-state index in [1.807, 2.05) is 0 Å². The number of nitrogens with zero attached hydrogens (tertiary/aromatic N) is 1. The second kappa shape index (κ2) is 1.44. The van der Waals surface area contributed by atoms with Crippen LogP contribution < -0.4 is 4.76 Å². The molecule has 0 fully saturated rings. The van der Waals surface area contributed by atoms with E-state index in [1.54, 1.807) is 12.4 Å². The van der Waals surface area contributed by atoms with Gasteiger partial charge in [-0.25, -0.2) is 0 Å². The molecule has 0 amide bonds. The van der Waals surface area contributed by atoms with Crippen LogP contribution in [0.25, 0.3) is 0 Å². The summed E-state index contributed by atoms with van der Waals surface area (Å²) in [6, 6.07) is 0. The normalized spacial score (nSPS) is 9.00. The summed E-state index contributed by atoms with van der Waals surface area (Å²) in [4.78, 5) is 6.47. The fourth-order valence-electron chi connectivity index (χ4n) is 0.239. The first kappa shape index (κ1) is 3.89. The molecular formula is C3H3CoN2. The van der Waals surface area contributed by atoms with Crippen molar-refractivity contribution in [2.24, 2.45) is 0 Å². The maximum absolute atomic E-state index is 3.91. The van der Waals surface area contributed by atoms with Crippen LogP contribution in [0.3, 0.4) is 0 Å². The summed E-state index contributed by atoms with van der Waals surface area (Å²) >= 11 is 3.91. The summed E-state index contributed by atoms with van der Waals surface area (Å²) in [6.07, 6.45) is 3.38. The van der Waals surface area contributed by atoms with E-state index in [-0.39, 0.29) is 0 Å². The van der Waals surface area contributed by atoms with Crippen molar-refractivity contribution >= 4 is 4.76 Å². The van der Waals surface area contributed by atoms with Crippen LogP contribution in [-0.4, -0.2) is 9.97 Å². The van der Waals surface area contributed by atoms with Gasteiger partial charge in [0, 0.05) is 0 Å². The van der Waals surface area contributed by atoms with Crippen molar-refractivity contribution < 1.29 is 15.7 Å². The topological polar surface area (TPSA) is 28.7 Å². The minimum absolute atomic E-state index is 0.655. The molecule has 0 radical (unpaired) electrons. The van der Waals surface area contributed by atoms with Gasteiger partial charge in [-0.3, -0.25) is 0 Å². The van der Waals surface area contributed by atoms with Gasteiger partial charge in [0.15, 0.2) is 0 Å². The molecule has 3 heteroatoms. The molecule has 1 aromatic rings. The predicted molar refractivity (Wildman–Crippen MR) is 18.2 cm³/mol. The average Bonchev–Trinajstić information content (AvgIpc) is 1.86. The molecule has 1 rings (SSSR count). The van der Waals surface area contributed by atoms with Crippen LogP contribution in [0.15, 0.2) is 12.4 Å². The Morgan fingerprint density at radius 2 is 2.67 bits per heavy atom. The van der Waals surface area contributed by atoms with Crippen LogP contribution in [0.2, 0.25) is 0 Å². The third-order valence-corrected chi connectivity index (χ3v) is 0.737. The van der Waals surface area contributed by atoms with Crippen LogP contribution in [-0.2, 0) is 15.7 Å². The summed E-state index contributed by atoms with van der Waals surface area (Å²) < 4.78 is 0.655. The Labute approximate surface area is 43.6 Å². The molecule has 0 spiro atoms. The molecule has 0 unspecified atom stereocenters. The van der Waals surface area contributed by atoms with E-state index in [4.69, 9.17) is 0 Å². The quantitative estimate of drug-likeness (QED) is 0.502. The molecular weight excluding hydrogens is 123 g/mol. The second-order valence-electron chi connectivity index (χ2n) is 0.859. The number of nitrogens with one attached hydrogen (secondary N) is 1. The van der Waals surface area contributed by atoms with Crippen LogP contribution in [0.5, 0.6) is 0 Å². The second-order valence-corrected chi connectivity index (χ2v) is 1.35. The molecule has 0 saturated heterocycles. The number of aromatic amines is 1. The molecule has 0 saturated carbocycles. The summed E-state index contributed by atoms with van der Waals surface area (Å²) in [5.41, 5.74) is 0. The van der Waals surface area contributed by atoms with Gasteiger partial charge in [0.2, 0.25) is 0 Å². The molecule has 6 heavy (non-hydrogen) atoms. The van der Waals surface area contributed by atoms with Gasteiger partial charge in [-0.1, -0.05) is 0 Å². The number of imidazole rings is 1. The third-order valence-electron chi connectivity index (χ3n) is 0.453. The number of H-pyrrole nitrogens is 1. The molecule has 0 aliphatic heterocycles. The van der Waals surface area contributed by atoms with Crippen LogP contribution in [0, 0.1) is 0 Å². The molecule has 0 bridgehead atoms. The summed E-state index contributed by atoms with van der Waals surface area (Å²) in [7, 11) is 0. The number of hydrogen-bond acceptors (Lipinski definition) is 1. The average molecular weight is 126 g/mol. The Kier molecular flexibility index (Phi) is 0.937. The first-order chi connectivity index (χ1) is 2.89. The van der Waals surface area contributed by atoms with Crippen LogP contribution in [0.4, 0.5) is 0 Å². The first-order valence-electron chi connectivity index (χ1n) is 1.52. The molecule has 0 aliphatic carbocycles. The van der Waals surface area contributed by atoms with Gasteiger partial charge < -0.3 is 0 Å². The molecule has 2 nitrogen and oxygen atoms in total. The first-order valence-corrected chi connectivity index (χ1v) is 2.04. The molecule has 0 aromatic carbocycles. The van der Waals surface area contributed by atoms with Crippen molar-refractivity contribution in [1.82, 2.24) is 9.97 Å². The van der Waals surface area contributed by atoms with E-state index in [0.717, 1.165) is 0 Å². The molecule has 0 atom stereocenters.